The second-order valence-corrected chi connectivity index (χ2v) is 6.15. The molecular formula is C8H10O6S2. The minimum absolute atomic E-state index is 0.0740. The number of hydrogen-bond acceptors (Lipinski definition) is 4. The van der Waals surface area contributed by atoms with Gasteiger partial charge < -0.3 is 0 Å². The molecule has 0 aliphatic heterocycles. The van der Waals surface area contributed by atoms with E-state index in [1.165, 1.54) is 12.1 Å². The lowest BCUT2D eigenvalue weighted by Gasteiger charge is -2.01. The minimum atomic E-state index is -4.23. The lowest BCUT2D eigenvalue weighted by molar-refractivity contribution is 0.480. The number of benzene rings is 1. The van der Waals surface area contributed by atoms with Gasteiger partial charge in [0, 0.05) is 0 Å². The first-order chi connectivity index (χ1) is 7.18. The molecule has 0 aliphatic rings. The van der Waals surface area contributed by atoms with Gasteiger partial charge in [-0.1, -0.05) is 12.1 Å². The van der Waals surface area contributed by atoms with Gasteiger partial charge in [-0.3, -0.25) is 9.11 Å². The molecule has 1 aromatic rings. The zero-order valence-corrected chi connectivity index (χ0v) is 9.70. The highest BCUT2D eigenvalue weighted by Gasteiger charge is 2.09. The molecule has 0 heterocycles. The van der Waals surface area contributed by atoms with Gasteiger partial charge >= 0.3 is 0 Å². The van der Waals surface area contributed by atoms with Crippen LogP contribution in [0.4, 0.5) is 0 Å². The number of aryl methyl sites for hydroxylation is 1. The Morgan fingerprint density at radius 1 is 0.938 bits per heavy atom. The van der Waals surface area contributed by atoms with E-state index >= 15 is 0 Å². The summed E-state index contributed by atoms with van der Waals surface area (Å²) in [6, 6.07) is 5.06. The summed E-state index contributed by atoms with van der Waals surface area (Å²) in [7, 11) is -8.26. The standard InChI is InChI=1S/C8H10O6S2/c9-15(10,11)6-5-7-1-3-8(4-2-7)16(12,13)14/h1-4H,5-6H2,(H,9,10,11)(H,12,13,14). The summed E-state index contributed by atoms with van der Waals surface area (Å²) in [6.45, 7) is 0. The van der Waals surface area contributed by atoms with Crippen molar-refractivity contribution in [1.82, 2.24) is 0 Å². The first-order valence-corrected chi connectivity index (χ1v) is 7.25. The van der Waals surface area contributed by atoms with Gasteiger partial charge in [-0.15, -0.1) is 0 Å². The summed E-state index contributed by atoms with van der Waals surface area (Å²) >= 11 is 0. The van der Waals surface area contributed by atoms with Crippen LogP contribution in [0.3, 0.4) is 0 Å². The fraction of sp³-hybridized carbons (Fsp3) is 0.250. The van der Waals surface area contributed by atoms with Crippen LogP contribution in [0.25, 0.3) is 0 Å². The molecule has 0 bridgehead atoms. The summed E-state index contributed by atoms with van der Waals surface area (Å²) in [4.78, 5) is -0.261. The van der Waals surface area contributed by atoms with Gasteiger partial charge in [0.05, 0.1) is 10.6 Å². The van der Waals surface area contributed by atoms with E-state index in [0.29, 0.717) is 5.56 Å². The van der Waals surface area contributed by atoms with E-state index in [2.05, 4.69) is 0 Å². The average molecular weight is 266 g/mol. The molecule has 1 rings (SSSR count). The van der Waals surface area contributed by atoms with E-state index < -0.39 is 26.0 Å². The van der Waals surface area contributed by atoms with E-state index in [-0.39, 0.29) is 11.3 Å². The Balaban J connectivity index is 2.81. The molecule has 1 aromatic carbocycles. The van der Waals surface area contributed by atoms with Gasteiger partial charge in [-0.25, -0.2) is 0 Å². The molecule has 0 aliphatic carbocycles. The lowest BCUT2D eigenvalue weighted by atomic mass is 10.2. The normalized spacial score (nSPS) is 12.6. The summed E-state index contributed by atoms with van der Waals surface area (Å²) in [5.74, 6) is -0.432. The molecule has 8 heteroatoms. The van der Waals surface area contributed by atoms with E-state index in [1.807, 2.05) is 0 Å². The van der Waals surface area contributed by atoms with Crippen LogP contribution in [-0.2, 0) is 26.7 Å². The van der Waals surface area contributed by atoms with Crippen LogP contribution in [0.5, 0.6) is 0 Å². The molecule has 0 aromatic heterocycles. The molecular weight excluding hydrogens is 256 g/mol. The molecule has 0 unspecified atom stereocenters. The fourth-order valence-electron chi connectivity index (χ4n) is 1.07. The number of hydrogen-bond donors (Lipinski definition) is 2. The Hall–Kier alpha value is -0.960. The monoisotopic (exact) mass is 266 g/mol. The third-order valence-electron chi connectivity index (χ3n) is 1.87. The molecule has 0 saturated carbocycles. The maximum Gasteiger partial charge on any atom is 0.294 e. The molecule has 0 amide bonds. The molecule has 0 spiro atoms. The summed E-state index contributed by atoms with van der Waals surface area (Å²) in [5, 5.41) is 0. The van der Waals surface area contributed by atoms with Gasteiger partial charge in [0.2, 0.25) is 0 Å². The minimum Gasteiger partial charge on any atom is -0.286 e. The highest BCUT2D eigenvalue weighted by Crippen LogP contribution is 2.10. The highest BCUT2D eigenvalue weighted by molar-refractivity contribution is 7.86. The topological polar surface area (TPSA) is 109 Å². The Morgan fingerprint density at radius 2 is 1.44 bits per heavy atom. The highest BCUT2D eigenvalue weighted by atomic mass is 32.2. The van der Waals surface area contributed by atoms with Crippen molar-refractivity contribution in [2.24, 2.45) is 0 Å². The van der Waals surface area contributed by atoms with Gasteiger partial charge in [0.15, 0.2) is 0 Å². The van der Waals surface area contributed by atoms with Crippen LogP contribution < -0.4 is 0 Å². The molecule has 0 radical (unpaired) electrons. The van der Waals surface area contributed by atoms with E-state index in [0.717, 1.165) is 12.1 Å². The smallest absolute Gasteiger partial charge is 0.286 e. The molecule has 0 saturated heterocycles. The molecule has 0 fully saturated rings. The molecule has 2 N–H and O–H groups in total. The first-order valence-electron chi connectivity index (χ1n) is 4.20. The van der Waals surface area contributed by atoms with Crippen LogP contribution in [0.1, 0.15) is 5.56 Å². The van der Waals surface area contributed by atoms with Crippen LogP contribution in [0.15, 0.2) is 29.2 Å². The molecule has 6 nitrogen and oxygen atoms in total. The third kappa shape index (κ3) is 4.27. The van der Waals surface area contributed by atoms with Crippen molar-refractivity contribution in [2.75, 3.05) is 5.75 Å². The van der Waals surface area contributed by atoms with Crippen molar-refractivity contribution in [3.8, 4) is 0 Å². The van der Waals surface area contributed by atoms with Crippen molar-refractivity contribution < 1.29 is 25.9 Å². The van der Waals surface area contributed by atoms with Crippen LogP contribution in [-0.4, -0.2) is 31.7 Å². The Bertz CT molecular complexity index is 555. The maximum absolute atomic E-state index is 10.7. The quantitative estimate of drug-likeness (QED) is 0.762. The maximum atomic E-state index is 10.7. The van der Waals surface area contributed by atoms with Gasteiger partial charge in [-0.2, -0.15) is 16.8 Å². The lowest BCUT2D eigenvalue weighted by Crippen LogP contribution is -2.06. The Morgan fingerprint density at radius 3 is 1.81 bits per heavy atom. The predicted molar refractivity (Wildman–Crippen MR) is 56.4 cm³/mol. The zero-order chi connectivity index (χ0) is 12.4. The molecule has 90 valence electrons. The second kappa shape index (κ2) is 4.50. The third-order valence-corrected chi connectivity index (χ3v) is 3.46. The van der Waals surface area contributed by atoms with Crippen molar-refractivity contribution in [1.29, 1.82) is 0 Å². The summed E-state index contributed by atoms with van der Waals surface area (Å²) < 4.78 is 59.4. The SMILES string of the molecule is O=S(=O)(O)CCc1ccc(S(=O)(=O)O)cc1. The Labute approximate surface area is 93.4 Å². The van der Waals surface area contributed by atoms with Crippen molar-refractivity contribution in [3.05, 3.63) is 29.8 Å². The predicted octanol–water partition coefficient (Wildman–Crippen LogP) is 0.364. The van der Waals surface area contributed by atoms with E-state index in [4.69, 9.17) is 9.11 Å². The van der Waals surface area contributed by atoms with Gasteiger partial charge in [0.25, 0.3) is 20.2 Å². The summed E-state index contributed by atoms with van der Waals surface area (Å²) in [6.07, 6.45) is 0.0740. The molecule has 16 heavy (non-hydrogen) atoms. The van der Waals surface area contributed by atoms with E-state index in [1.54, 1.807) is 0 Å². The van der Waals surface area contributed by atoms with Crippen LogP contribution in [0.2, 0.25) is 0 Å². The van der Waals surface area contributed by atoms with Gasteiger partial charge in [0.1, 0.15) is 0 Å². The Kier molecular flexibility index (Phi) is 3.68. The van der Waals surface area contributed by atoms with Crippen molar-refractivity contribution in [2.45, 2.75) is 11.3 Å². The van der Waals surface area contributed by atoms with Crippen LogP contribution in [0, 0.1) is 0 Å². The number of rotatable bonds is 4. The van der Waals surface area contributed by atoms with Crippen LogP contribution >= 0.6 is 0 Å². The fourth-order valence-corrected chi connectivity index (χ4v) is 2.05. The van der Waals surface area contributed by atoms with Gasteiger partial charge in [-0.05, 0) is 24.1 Å². The van der Waals surface area contributed by atoms with Crippen molar-refractivity contribution in [3.63, 3.8) is 0 Å². The summed E-state index contributed by atoms with van der Waals surface area (Å²) in [5.41, 5.74) is 0.546. The molecule has 0 atom stereocenters. The average Bonchev–Trinajstić information content (AvgIpc) is 2.13. The largest absolute Gasteiger partial charge is 0.294 e. The van der Waals surface area contributed by atoms with Crippen molar-refractivity contribution >= 4 is 20.2 Å². The van der Waals surface area contributed by atoms with E-state index in [9.17, 15) is 16.8 Å². The second-order valence-electron chi connectivity index (χ2n) is 3.16. The zero-order valence-electron chi connectivity index (χ0n) is 8.07. The first kappa shape index (κ1) is 13.1.